The Morgan fingerprint density at radius 1 is 1.04 bits per heavy atom. The number of nitrogens with one attached hydrogen (secondary N) is 2. The van der Waals surface area contributed by atoms with Crippen LogP contribution in [0.5, 0.6) is 0 Å². The van der Waals surface area contributed by atoms with Crippen molar-refractivity contribution < 1.29 is 13.2 Å². The van der Waals surface area contributed by atoms with E-state index < -0.39 is 10.0 Å². The Hall–Kier alpha value is -2.71. The van der Waals surface area contributed by atoms with E-state index in [-0.39, 0.29) is 10.8 Å². The van der Waals surface area contributed by atoms with E-state index in [0.29, 0.717) is 17.2 Å². The van der Waals surface area contributed by atoms with Crippen LogP contribution in [-0.4, -0.2) is 19.3 Å². The maximum atomic E-state index is 12.3. The predicted molar refractivity (Wildman–Crippen MR) is 107 cm³/mol. The highest BCUT2D eigenvalue weighted by atomic mass is 32.2. The molecule has 3 rings (SSSR count). The van der Waals surface area contributed by atoms with Crippen molar-refractivity contribution >= 4 is 38.1 Å². The third-order valence-corrected chi connectivity index (χ3v) is 5.99. The van der Waals surface area contributed by atoms with E-state index in [4.69, 9.17) is 0 Å². The average molecular weight is 402 g/mol. The van der Waals surface area contributed by atoms with Gasteiger partial charge in [-0.15, -0.1) is 11.3 Å². The number of carbonyl (C=O) groups is 1. The fraction of sp³-hybridized carbons (Fsp3) is 0.158. The van der Waals surface area contributed by atoms with Crippen LogP contribution in [0, 0.1) is 0 Å². The molecule has 0 spiro atoms. The summed E-state index contributed by atoms with van der Waals surface area (Å²) < 4.78 is 27.0. The van der Waals surface area contributed by atoms with Crippen LogP contribution in [0.1, 0.15) is 18.4 Å². The molecule has 0 bridgehead atoms. The summed E-state index contributed by atoms with van der Waals surface area (Å²) in [6, 6.07) is 16.1. The zero-order valence-electron chi connectivity index (χ0n) is 14.5. The minimum atomic E-state index is -3.69. The first-order chi connectivity index (χ1) is 13.0. The standard InChI is InChI=1S/C19H19N3O3S2/c23-18(8-4-7-15-5-2-1-3-6-15)21-16-9-11-17(12-10-16)27(24,25)22-19-20-13-14-26-19/h1-3,5-6,9-14H,4,7-8H2,(H,20,22)(H,21,23). The Bertz CT molecular complexity index is 971. The third kappa shape index (κ3) is 5.63. The van der Waals surface area contributed by atoms with Gasteiger partial charge in [-0.3, -0.25) is 9.52 Å². The van der Waals surface area contributed by atoms with Crippen LogP contribution in [0.25, 0.3) is 0 Å². The number of hydrogen-bond acceptors (Lipinski definition) is 5. The average Bonchev–Trinajstić information content (AvgIpc) is 3.15. The Labute approximate surface area is 162 Å². The van der Waals surface area contributed by atoms with Crippen molar-refractivity contribution in [2.45, 2.75) is 24.2 Å². The third-order valence-electron chi connectivity index (χ3n) is 3.81. The molecule has 2 aromatic carbocycles. The molecule has 1 heterocycles. The number of carbonyl (C=O) groups excluding carboxylic acids is 1. The lowest BCUT2D eigenvalue weighted by Gasteiger charge is -2.08. The molecule has 0 saturated carbocycles. The van der Waals surface area contributed by atoms with E-state index in [0.717, 1.165) is 12.8 Å². The summed E-state index contributed by atoms with van der Waals surface area (Å²) in [4.78, 5) is 16.1. The molecular weight excluding hydrogens is 382 g/mol. The molecular formula is C19H19N3O3S2. The maximum Gasteiger partial charge on any atom is 0.263 e. The van der Waals surface area contributed by atoms with Gasteiger partial charge in [0.25, 0.3) is 10.0 Å². The second kappa shape index (κ2) is 8.79. The highest BCUT2D eigenvalue weighted by Crippen LogP contribution is 2.19. The van der Waals surface area contributed by atoms with Gasteiger partial charge in [0.15, 0.2) is 5.13 Å². The fourth-order valence-electron chi connectivity index (χ4n) is 2.49. The summed E-state index contributed by atoms with van der Waals surface area (Å²) in [7, 11) is -3.69. The fourth-order valence-corrected chi connectivity index (χ4v) is 4.28. The number of thiazole rings is 1. The molecule has 0 aliphatic heterocycles. The van der Waals surface area contributed by atoms with Gasteiger partial charge in [-0.05, 0) is 42.7 Å². The molecule has 0 unspecified atom stereocenters. The van der Waals surface area contributed by atoms with Crippen LogP contribution in [0.2, 0.25) is 0 Å². The van der Waals surface area contributed by atoms with Gasteiger partial charge < -0.3 is 5.32 Å². The van der Waals surface area contributed by atoms with E-state index >= 15 is 0 Å². The number of nitrogens with zero attached hydrogens (tertiary/aromatic N) is 1. The maximum absolute atomic E-state index is 12.3. The summed E-state index contributed by atoms with van der Waals surface area (Å²) >= 11 is 1.20. The normalized spacial score (nSPS) is 11.1. The minimum absolute atomic E-state index is 0.0950. The molecule has 140 valence electrons. The molecule has 0 fully saturated rings. The highest BCUT2D eigenvalue weighted by Gasteiger charge is 2.15. The summed E-state index contributed by atoms with van der Waals surface area (Å²) in [5.41, 5.74) is 1.76. The molecule has 6 nitrogen and oxygen atoms in total. The minimum Gasteiger partial charge on any atom is -0.326 e. The highest BCUT2D eigenvalue weighted by molar-refractivity contribution is 7.93. The lowest BCUT2D eigenvalue weighted by Crippen LogP contribution is -2.14. The van der Waals surface area contributed by atoms with Crippen LogP contribution in [0.15, 0.2) is 71.1 Å². The van der Waals surface area contributed by atoms with Crippen LogP contribution in [0.4, 0.5) is 10.8 Å². The van der Waals surface area contributed by atoms with Gasteiger partial charge in [0.05, 0.1) is 4.90 Å². The zero-order chi connectivity index (χ0) is 19.1. The molecule has 8 heteroatoms. The van der Waals surface area contributed by atoms with Gasteiger partial charge in [-0.1, -0.05) is 30.3 Å². The van der Waals surface area contributed by atoms with Crippen LogP contribution >= 0.6 is 11.3 Å². The summed E-state index contributed by atoms with van der Waals surface area (Å²) in [5.74, 6) is -0.0950. The summed E-state index contributed by atoms with van der Waals surface area (Å²) in [6.07, 6.45) is 3.52. The molecule has 0 atom stereocenters. The number of aryl methyl sites for hydroxylation is 1. The van der Waals surface area contributed by atoms with E-state index in [2.05, 4.69) is 15.0 Å². The second-order valence-corrected chi connectivity index (χ2v) is 8.43. The molecule has 1 amide bonds. The lowest BCUT2D eigenvalue weighted by atomic mass is 10.1. The topological polar surface area (TPSA) is 88.2 Å². The molecule has 0 aliphatic carbocycles. The number of aromatic nitrogens is 1. The van der Waals surface area contributed by atoms with Gasteiger partial charge >= 0.3 is 0 Å². The van der Waals surface area contributed by atoms with E-state index in [1.54, 1.807) is 17.5 Å². The predicted octanol–water partition coefficient (Wildman–Crippen LogP) is 3.91. The first-order valence-corrected chi connectivity index (χ1v) is 10.8. The second-order valence-electron chi connectivity index (χ2n) is 5.85. The lowest BCUT2D eigenvalue weighted by molar-refractivity contribution is -0.116. The molecule has 3 aromatic rings. The van der Waals surface area contributed by atoms with E-state index in [9.17, 15) is 13.2 Å². The van der Waals surface area contributed by atoms with Crippen molar-refractivity contribution in [1.82, 2.24) is 4.98 Å². The van der Waals surface area contributed by atoms with Gasteiger partial charge in [-0.25, -0.2) is 13.4 Å². The molecule has 0 aliphatic rings. The number of sulfonamides is 1. The van der Waals surface area contributed by atoms with Crippen molar-refractivity contribution in [3.05, 3.63) is 71.7 Å². The number of anilines is 2. The quantitative estimate of drug-likeness (QED) is 0.599. The Morgan fingerprint density at radius 2 is 1.78 bits per heavy atom. The zero-order valence-corrected chi connectivity index (χ0v) is 16.1. The van der Waals surface area contributed by atoms with Gasteiger partial charge in [0.1, 0.15) is 0 Å². The molecule has 0 radical (unpaired) electrons. The van der Waals surface area contributed by atoms with Crippen molar-refractivity contribution in [3.63, 3.8) is 0 Å². The summed E-state index contributed by atoms with van der Waals surface area (Å²) in [6.45, 7) is 0. The summed E-state index contributed by atoms with van der Waals surface area (Å²) in [5, 5.41) is 4.79. The van der Waals surface area contributed by atoms with Crippen LogP contribution < -0.4 is 10.0 Å². The number of benzene rings is 2. The molecule has 27 heavy (non-hydrogen) atoms. The largest absolute Gasteiger partial charge is 0.326 e. The SMILES string of the molecule is O=C(CCCc1ccccc1)Nc1ccc(S(=O)(=O)Nc2nccs2)cc1. The number of rotatable bonds is 8. The van der Waals surface area contributed by atoms with Gasteiger partial charge in [-0.2, -0.15) is 0 Å². The monoisotopic (exact) mass is 401 g/mol. The van der Waals surface area contributed by atoms with Crippen molar-refractivity contribution in [2.75, 3.05) is 10.0 Å². The Kier molecular flexibility index (Phi) is 6.20. The number of hydrogen-bond donors (Lipinski definition) is 2. The van der Waals surface area contributed by atoms with Gasteiger partial charge in [0, 0.05) is 23.7 Å². The van der Waals surface area contributed by atoms with Gasteiger partial charge in [0.2, 0.25) is 5.91 Å². The van der Waals surface area contributed by atoms with Crippen LogP contribution in [-0.2, 0) is 21.2 Å². The van der Waals surface area contributed by atoms with E-state index in [1.807, 2.05) is 30.3 Å². The molecule has 2 N–H and O–H groups in total. The first kappa shape index (κ1) is 19.1. The van der Waals surface area contributed by atoms with Crippen molar-refractivity contribution in [3.8, 4) is 0 Å². The Morgan fingerprint density at radius 3 is 2.44 bits per heavy atom. The van der Waals surface area contributed by atoms with Crippen molar-refractivity contribution in [2.24, 2.45) is 0 Å². The van der Waals surface area contributed by atoms with Crippen molar-refractivity contribution in [1.29, 1.82) is 0 Å². The molecule has 0 saturated heterocycles. The van der Waals surface area contributed by atoms with Crippen LogP contribution in [0.3, 0.4) is 0 Å². The molecule has 1 aromatic heterocycles. The number of amides is 1. The Balaban J connectivity index is 1.51. The van der Waals surface area contributed by atoms with E-state index in [1.165, 1.54) is 35.2 Å². The smallest absolute Gasteiger partial charge is 0.263 e. The first-order valence-electron chi connectivity index (χ1n) is 8.39.